The van der Waals surface area contributed by atoms with Gasteiger partial charge in [0.05, 0.1) is 10.6 Å². The Labute approximate surface area is 131 Å². The monoisotopic (exact) mass is 339 g/mol. The highest BCUT2D eigenvalue weighted by Gasteiger charge is 2.14. The molecule has 0 aromatic heterocycles. The normalized spacial score (nSPS) is 12.1. The van der Waals surface area contributed by atoms with Crippen LogP contribution < -0.4 is 4.72 Å². The highest BCUT2D eigenvalue weighted by molar-refractivity contribution is 7.92. The van der Waals surface area contributed by atoms with E-state index in [1.54, 1.807) is 12.1 Å². The molecule has 0 saturated heterocycles. The Balaban J connectivity index is 2.25. The van der Waals surface area contributed by atoms with Crippen molar-refractivity contribution in [2.75, 3.05) is 11.0 Å². The first-order valence-corrected chi connectivity index (χ1v) is 10.1. The first-order chi connectivity index (χ1) is 10.2. The number of hydrogen-bond acceptors (Lipinski definition) is 4. The molecule has 0 aliphatic rings. The van der Waals surface area contributed by atoms with Crippen LogP contribution in [0.2, 0.25) is 0 Å². The first kappa shape index (κ1) is 16.5. The molecule has 1 N–H and O–H groups in total. The quantitative estimate of drug-likeness (QED) is 0.907. The Morgan fingerprint density at radius 2 is 1.64 bits per heavy atom. The maximum absolute atomic E-state index is 12.2. The Morgan fingerprint density at radius 1 is 0.955 bits per heavy atom. The predicted molar refractivity (Wildman–Crippen MR) is 87.0 cm³/mol. The number of rotatable bonds is 5. The van der Waals surface area contributed by atoms with E-state index >= 15 is 0 Å². The van der Waals surface area contributed by atoms with E-state index in [4.69, 9.17) is 0 Å². The zero-order chi connectivity index (χ0) is 16.4. The van der Waals surface area contributed by atoms with Crippen molar-refractivity contribution in [3.8, 4) is 0 Å². The van der Waals surface area contributed by atoms with Gasteiger partial charge in [-0.1, -0.05) is 30.3 Å². The summed E-state index contributed by atoms with van der Waals surface area (Å²) in [6.07, 6.45) is 1.08. The van der Waals surface area contributed by atoms with Gasteiger partial charge in [0.25, 0.3) is 0 Å². The third-order valence-electron chi connectivity index (χ3n) is 3.14. The maximum Gasteiger partial charge on any atom is 0.236 e. The lowest BCUT2D eigenvalue weighted by Gasteiger charge is -2.10. The number of sulfonamides is 1. The van der Waals surface area contributed by atoms with E-state index in [9.17, 15) is 16.8 Å². The fourth-order valence-corrected chi connectivity index (χ4v) is 3.94. The van der Waals surface area contributed by atoms with Crippen LogP contribution in [0.3, 0.4) is 0 Å². The van der Waals surface area contributed by atoms with Crippen LogP contribution in [0, 0.1) is 6.92 Å². The third kappa shape index (κ3) is 4.32. The van der Waals surface area contributed by atoms with Crippen LogP contribution in [0.5, 0.6) is 0 Å². The molecular weight excluding hydrogens is 322 g/mol. The van der Waals surface area contributed by atoms with Crippen molar-refractivity contribution in [2.45, 2.75) is 17.6 Å². The molecule has 0 fully saturated rings. The summed E-state index contributed by atoms with van der Waals surface area (Å²) < 4.78 is 49.9. The number of aryl methyl sites for hydroxylation is 1. The number of hydrogen-bond donors (Lipinski definition) is 1. The van der Waals surface area contributed by atoms with Crippen molar-refractivity contribution in [2.24, 2.45) is 0 Å². The third-order valence-corrected chi connectivity index (χ3v) is 5.49. The molecule has 0 bridgehead atoms. The average Bonchev–Trinajstić information content (AvgIpc) is 2.40. The fraction of sp³-hybridized carbons (Fsp3) is 0.200. The van der Waals surface area contributed by atoms with Gasteiger partial charge in [0.2, 0.25) is 10.0 Å². The van der Waals surface area contributed by atoms with Crippen LogP contribution >= 0.6 is 0 Å². The lowest BCUT2D eigenvalue weighted by molar-refractivity contribution is 0.598. The van der Waals surface area contributed by atoms with Crippen LogP contribution in [0.15, 0.2) is 53.4 Å². The number of benzene rings is 2. The summed E-state index contributed by atoms with van der Waals surface area (Å²) in [6.45, 7) is 1.84. The number of sulfone groups is 1. The summed E-state index contributed by atoms with van der Waals surface area (Å²) in [5, 5.41) is 0. The minimum Gasteiger partial charge on any atom is -0.283 e. The number of nitrogens with one attached hydrogen (secondary N) is 1. The van der Waals surface area contributed by atoms with Gasteiger partial charge in [-0.15, -0.1) is 0 Å². The minimum atomic E-state index is -3.62. The highest BCUT2D eigenvalue weighted by Crippen LogP contribution is 2.18. The predicted octanol–water partition coefficient (Wildman–Crippen LogP) is 2.34. The van der Waals surface area contributed by atoms with E-state index in [1.807, 2.05) is 19.1 Å². The highest BCUT2D eigenvalue weighted by atomic mass is 32.2. The standard InChI is InChI=1S/C15H17NO4S2/c1-12-6-3-4-7-13(12)11-22(19,20)16-14-8-5-9-15(10-14)21(2,17)18/h3-10,16H,11H2,1-2H3. The van der Waals surface area contributed by atoms with Gasteiger partial charge in [-0.2, -0.15) is 0 Å². The molecule has 0 saturated carbocycles. The summed E-state index contributed by atoms with van der Waals surface area (Å²) in [5.41, 5.74) is 1.82. The molecule has 2 aromatic rings. The molecule has 7 heteroatoms. The van der Waals surface area contributed by atoms with Gasteiger partial charge >= 0.3 is 0 Å². The molecule has 0 unspecified atom stereocenters. The first-order valence-electron chi connectivity index (χ1n) is 6.52. The largest absolute Gasteiger partial charge is 0.283 e. The smallest absolute Gasteiger partial charge is 0.236 e. The molecule has 0 amide bonds. The van der Waals surface area contributed by atoms with Gasteiger partial charge in [0, 0.05) is 11.9 Å². The van der Waals surface area contributed by atoms with Crippen molar-refractivity contribution < 1.29 is 16.8 Å². The van der Waals surface area contributed by atoms with Crippen molar-refractivity contribution in [3.05, 3.63) is 59.7 Å². The van der Waals surface area contributed by atoms with Gasteiger partial charge in [0.1, 0.15) is 0 Å². The number of anilines is 1. The maximum atomic E-state index is 12.2. The van der Waals surface area contributed by atoms with Crippen molar-refractivity contribution >= 4 is 25.5 Å². The van der Waals surface area contributed by atoms with Gasteiger partial charge in [-0.25, -0.2) is 16.8 Å². The molecule has 0 atom stereocenters. The van der Waals surface area contributed by atoms with E-state index in [0.717, 1.165) is 11.8 Å². The fourth-order valence-electron chi connectivity index (χ4n) is 1.98. The van der Waals surface area contributed by atoms with Crippen LogP contribution in [0.1, 0.15) is 11.1 Å². The molecule has 0 aliphatic carbocycles. The van der Waals surface area contributed by atoms with Gasteiger partial charge in [-0.3, -0.25) is 4.72 Å². The molecule has 0 aliphatic heterocycles. The van der Waals surface area contributed by atoms with Gasteiger partial charge in [0.15, 0.2) is 9.84 Å². The van der Waals surface area contributed by atoms with Crippen molar-refractivity contribution in [1.29, 1.82) is 0 Å². The Hall–Kier alpha value is -1.86. The molecule has 22 heavy (non-hydrogen) atoms. The lowest BCUT2D eigenvalue weighted by Crippen LogP contribution is -2.16. The topological polar surface area (TPSA) is 80.3 Å². The van der Waals surface area contributed by atoms with Crippen LogP contribution in [0.25, 0.3) is 0 Å². The van der Waals surface area contributed by atoms with Gasteiger partial charge < -0.3 is 0 Å². The Morgan fingerprint density at radius 3 is 2.27 bits per heavy atom. The van der Waals surface area contributed by atoms with Crippen LogP contribution in [-0.4, -0.2) is 23.1 Å². The zero-order valence-corrected chi connectivity index (χ0v) is 13.9. The van der Waals surface area contributed by atoms with Crippen molar-refractivity contribution in [3.63, 3.8) is 0 Å². The summed E-state index contributed by atoms with van der Waals surface area (Å²) >= 11 is 0. The van der Waals surface area contributed by atoms with E-state index in [1.165, 1.54) is 24.3 Å². The molecule has 0 heterocycles. The molecule has 2 rings (SSSR count). The second kappa shape index (κ2) is 6.10. The molecule has 0 spiro atoms. The van der Waals surface area contributed by atoms with Crippen molar-refractivity contribution in [1.82, 2.24) is 0 Å². The summed E-state index contributed by atoms with van der Waals surface area (Å²) in [6, 6.07) is 13.0. The Bertz CT molecular complexity index is 887. The molecule has 118 valence electrons. The second-order valence-corrected chi connectivity index (χ2v) is 8.83. The van der Waals surface area contributed by atoms with Crippen LogP contribution in [0.4, 0.5) is 5.69 Å². The van der Waals surface area contributed by atoms with E-state index in [-0.39, 0.29) is 16.3 Å². The van der Waals surface area contributed by atoms with Gasteiger partial charge in [-0.05, 0) is 36.2 Å². The average molecular weight is 339 g/mol. The lowest BCUT2D eigenvalue weighted by atomic mass is 10.1. The second-order valence-electron chi connectivity index (χ2n) is 5.09. The zero-order valence-electron chi connectivity index (χ0n) is 12.3. The molecule has 0 radical (unpaired) electrons. The SMILES string of the molecule is Cc1ccccc1CS(=O)(=O)Nc1cccc(S(C)(=O)=O)c1. The van der Waals surface area contributed by atoms with E-state index in [2.05, 4.69) is 4.72 Å². The molecule has 5 nitrogen and oxygen atoms in total. The summed E-state index contributed by atoms with van der Waals surface area (Å²) in [5.74, 6) is -0.164. The summed E-state index contributed by atoms with van der Waals surface area (Å²) in [7, 11) is -7.00. The van der Waals surface area contributed by atoms with E-state index in [0.29, 0.717) is 5.56 Å². The van der Waals surface area contributed by atoms with E-state index < -0.39 is 19.9 Å². The Kier molecular flexibility index (Phi) is 4.58. The minimum absolute atomic E-state index is 0.0728. The molecule has 2 aromatic carbocycles. The molecular formula is C15H17NO4S2. The summed E-state index contributed by atoms with van der Waals surface area (Å²) in [4.78, 5) is 0.0728. The van der Waals surface area contributed by atoms with Crippen LogP contribution in [-0.2, 0) is 25.6 Å².